The summed E-state index contributed by atoms with van der Waals surface area (Å²) in [5.41, 5.74) is 2.97. The lowest BCUT2D eigenvalue weighted by molar-refractivity contribution is 0.673. The van der Waals surface area contributed by atoms with Gasteiger partial charge >= 0.3 is 0 Å². The highest BCUT2D eigenvalue weighted by Gasteiger charge is 2.22. The Balaban J connectivity index is 1.54. The molecule has 45 heavy (non-hydrogen) atoms. The van der Waals surface area contributed by atoms with E-state index in [-0.39, 0.29) is 45.7 Å². The van der Waals surface area contributed by atoms with Crippen molar-refractivity contribution in [2.24, 2.45) is 0 Å². The Hall–Kier alpha value is -5.92. The minimum absolute atomic E-state index is 0.170. The highest BCUT2D eigenvalue weighted by Crippen LogP contribution is 2.49. The number of para-hydroxylation sites is 1. The van der Waals surface area contributed by atoms with Gasteiger partial charge in [-0.2, -0.15) is 0 Å². The first kappa shape index (κ1) is 18.0. The fourth-order valence-electron chi connectivity index (χ4n) is 7.18. The molecule has 1 heteroatoms. The van der Waals surface area contributed by atoms with E-state index in [0.717, 1.165) is 37.7 Å². The maximum atomic E-state index is 9.53. The third-order valence-electron chi connectivity index (χ3n) is 9.07. The van der Waals surface area contributed by atoms with Gasteiger partial charge in [-0.15, -0.1) is 0 Å². The van der Waals surface area contributed by atoms with E-state index >= 15 is 0 Å². The number of fused-ring (bicyclic) bond motifs is 10. The Kier molecular flexibility index (Phi) is 3.72. The highest BCUT2D eigenvalue weighted by molar-refractivity contribution is 6.30. The van der Waals surface area contributed by atoms with Gasteiger partial charge in [-0.05, 0) is 82.9 Å². The maximum Gasteiger partial charge on any atom is 0.143 e. The zero-order valence-electron chi connectivity index (χ0n) is 31.8. The largest absolute Gasteiger partial charge is 0.455 e. The molecule has 0 aliphatic rings. The third kappa shape index (κ3) is 3.44. The second-order valence-electron chi connectivity index (χ2n) is 11.4. The molecule has 0 aliphatic carbocycles. The molecule has 208 valence electrons. The first-order valence-electron chi connectivity index (χ1n) is 18.9. The zero-order chi connectivity index (χ0) is 36.4. The van der Waals surface area contributed by atoms with Crippen LogP contribution in [0.1, 0.15) is 11.0 Å². The van der Waals surface area contributed by atoms with Gasteiger partial charge in [-0.1, -0.05) is 145 Å². The Morgan fingerprint density at radius 3 is 1.71 bits per heavy atom. The van der Waals surface area contributed by atoms with Crippen LogP contribution < -0.4 is 0 Å². The average Bonchev–Trinajstić information content (AvgIpc) is 3.59. The van der Waals surface area contributed by atoms with Crippen LogP contribution in [-0.2, 0) is 0 Å². The smallest absolute Gasteiger partial charge is 0.143 e. The van der Waals surface area contributed by atoms with Crippen molar-refractivity contribution in [1.29, 1.82) is 0 Å². The number of hydrogen-bond donors (Lipinski definition) is 0. The molecule has 0 atom stereocenters. The van der Waals surface area contributed by atoms with Gasteiger partial charge in [-0.3, -0.25) is 0 Å². The summed E-state index contributed by atoms with van der Waals surface area (Å²) in [6.45, 7) is 0. The van der Waals surface area contributed by atoms with E-state index in [1.807, 2.05) is 109 Å². The van der Waals surface area contributed by atoms with Crippen molar-refractivity contribution < 1.29 is 15.4 Å². The van der Waals surface area contributed by atoms with Gasteiger partial charge in [0.1, 0.15) is 11.2 Å². The summed E-state index contributed by atoms with van der Waals surface area (Å²) in [5, 5.41) is 7.53. The van der Waals surface area contributed by atoms with Gasteiger partial charge in [0.25, 0.3) is 0 Å². The van der Waals surface area contributed by atoms with Gasteiger partial charge < -0.3 is 4.42 Å². The Bertz CT molecular complexity index is 3190. The van der Waals surface area contributed by atoms with Gasteiger partial charge in [-0.25, -0.2) is 0 Å². The molecule has 0 saturated carbocycles. The van der Waals surface area contributed by atoms with Crippen molar-refractivity contribution in [3.63, 3.8) is 0 Å². The molecule has 0 spiro atoms. The van der Waals surface area contributed by atoms with Crippen molar-refractivity contribution in [3.8, 4) is 22.3 Å². The predicted octanol–water partition coefficient (Wildman–Crippen LogP) is 12.7. The Labute approximate surface area is 270 Å². The van der Waals surface area contributed by atoms with E-state index < -0.39 is 24.2 Å². The summed E-state index contributed by atoms with van der Waals surface area (Å²) >= 11 is 0. The fourth-order valence-corrected chi connectivity index (χ4v) is 7.18. The Morgan fingerprint density at radius 2 is 0.978 bits per heavy atom. The summed E-state index contributed by atoms with van der Waals surface area (Å²) in [5.74, 6) is 0. The molecule has 0 unspecified atom stereocenters. The molecular weight excluding hydrogens is 544 g/mol. The van der Waals surface area contributed by atoms with Crippen LogP contribution in [0.2, 0.25) is 0 Å². The lowest BCUT2D eigenvalue weighted by Gasteiger charge is -2.20. The number of benzene rings is 9. The molecule has 0 radical (unpaired) electrons. The number of hydrogen-bond acceptors (Lipinski definition) is 1. The van der Waals surface area contributed by atoms with Crippen molar-refractivity contribution >= 4 is 75.8 Å². The number of furan rings is 1. The van der Waals surface area contributed by atoms with Crippen molar-refractivity contribution in [2.45, 2.75) is 0 Å². The van der Waals surface area contributed by atoms with Crippen LogP contribution in [0.4, 0.5) is 0 Å². The molecule has 1 heterocycles. The van der Waals surface area contributed by atoms with E-state index in [1.54, 1.807) is 0 Å². The van der Waals surface area contributed by atoms with Gasteiger partial charge in [0.2, 0.25) is 0 Å². The van der Waals surface area contributed by atoms with Crippen molar-refractivity contribution in [1.82, 2.24) is 0 Å². The molecule has 1 aromatic heterocycles. The van der Waals surface area contributed by atoms with Crippen LogP contribution in [0.3, 0.4) is 0 Å². The third-order valence-corrected chi connectivity index (χ3v) is 9.07. The van der Waals surface area contributed by atoms with Crippen molar-refractivity contribution in [2.75, 3.05) is 0 Å². The normalized spacial score (nSPS) is 14.5. The fraction of sp³-hybridized carbons (Fsp3) is 0. The monoisotopic (exact) mass is 578 g/mol. The SMILES string of the molecule is [2H]c1c([2H])c([2H])c2c(-c3cc4ccccc4c4oc5ccccc5c34)c3c([2H])c([2H])c([2H])c([2H])c3c(-c3cccc4c3ccc3ccccc34)c2c1[2H]. The molecular formula is C44H26O. The van der Waals surface area contributed by atoms with Gasteiger partial charge in [0.15, 0.2) is 0 Å². The van der Waals surface area contributed by atoms with E-state index in [0.29, 0.717) is 38.8 Å². The summed E-state index contributed by atoms with van der Waals surface area (Å²) in [7, 11) is 0. The second kappa shape index (κ2) is 9.29. The summed E-state index contributed by atoms with van der Waals surface area (Å²) < 4.78 is 80.3. The topological polar surface area (TPSA) is 13.1 Å². The summed E-state index contributed by atoms with van der Waals surface area (Å²) in [6, 6.07) is 32.1. The number of rotatable bonds is 2. The lowest BCUT2D eigenvalue weighted by atomic mass is 9.83. The maximum absolute atomic E-state index is 9.53. The molecule has 1 nitrogen and oxygen atoms in total. The first-order chi connectivity index (χ1) is 25.7. The molecule has 0 amide bonds. The van der Waals surface area contributed by atoms with E-state index in [2.05, 4.69) is 0 Å². The molecule has 0 saturated heterocycles. The molecule has 0 aliphatic heterocycles. The van der Waals surface area contributed by atoms with Crippen LogP contribution >= 0.6 is 0 Å². The average molecular weight is 579 g/mol. The Morgan fingerprint density at radius 1 is 0.400 bits per heavy atom. The van der Waals surface area contributed by atoms with Crippen LogP contribution in [0.5, 0.6) is 0 Å². The van der Waals surface area contributed by atoms with Crippen LogP contribution in [0, 0.1) is 0 Å². The van der Waals surface area contributed by atoms with E-state index in [9.17, 15) is 5.48 Å². The minimum Gasteiger partial charge on any atom is -0.455 e. The molecule has 0 N–H and O–H groups in total. The molecule has 10 aromatic rings. The molecule has 0 fully saturated rings. The van der Waals surface area contributed by atoms with Crippen LogP contribution in [0.25, 0.3) is 98.1 Å². The van der Waals surface area contributed by atoms with Crippen LogP contribution in [-0.4, -0.2) is 0 Å². The highest BCUT2D eigenvalue weighted by atomic mass is 16.3. The second-order valence-corrected chi connectivity index (χ2v) is 11.4. The predicted molar refractivity (Wildman–Crippen MR) is 192 cm³/mol. The minimum atomic E-state index is -0.437. The van der Waals surface area contributed by atoms with E-state index in [4.69, 9.17) is 9.90 Å². The first-order valence-corrected chi connectivity index (χ1v) is 14.9. The molecule has 0 bridgehead atoms. The van der Waals surface area contributed by atoms with Gasteiger partial charge in [0, 0.05) is 16.2 Å². The van der Waals surface area contributed by atoms with Crippen molar-refractivity contribution in [3.05, 3.63) is 158 Å². The zero-order valence-corrected chi connectivity index (χ0v) is 23.8. The summed E-state index contributed by atoms with van der Waals surface area (Å²) in [4.78, 5) is 0. The summed E-state index contributed by atoms with van der Waals surface area (Å²) in [6.07, 6.45) is 0. The molecule has 9 aromatic carbocycles. The standard InChI is InChI=1S/C44H26O/c1-3-14-29-27(12-1)24-25-32-31(29)21-11-22-33(32)41-34-16-5-7-18-36(34)42(37-19-8-6-17-35(37)41)39-26-28-13-2-4-15-30(28)44-43(39)38-20-9-10-23-40(38)45-44/h1-26H/i5D,6D,7D,8D,16D,17D,18D,19D. The van der Waals surface area contributed by atoms with Gasteiger partial charge in [0.05, 0.1) is 11.0 Å². The lowest BCUT2D eigenvalue weighted by Crippen LogP contribution is -1.92. The van der Waals surface area contributed by atoms with E-state index in [1.165, 1.54) is 0 Å². The molecule has 10 rings (SSSR count). The van der Waals surface area contributed by atoms with Crippen LogP contribution in [0.15, 0.2) is 162 Å². The quantitative estimate of drug-likeness (QED) is 0.147.